The molecular weight excluding hydrogens is 681 g/mol. The van der Waals surface area contributed by atoms with E-state index in [4.69, 9.17) is 15.0 Å². The highest BCUT2D eigenvalue weighted by atomic mass is 15.0. The fourth-order valence-electron chi connectivity index (χ4n) is 7.30. The first-order valence-electron chi connectivity index (χ1n) is 19.4. The van der Waals surface area contributed by atoms with Crippen molar-refractivity contribution < 1.29 is 0 Å². The quantitative estimate of drug-likeness (QED) is 0.171. The number of nitriles is 1. The van der Waals surface area contributed by atoms with Gasteiger partial charge in [-0.05, 0) is 94.0 Å². The first-order chi connectivity index (χ1) is 27.6. The molecule has 4 nitrogen and oxygen atoms in total. The Balaban J connectivity index is 1.04. The first-order valence-corrected chi connectivity index (χ1v) is 19.4. The van der Waals surface area contributed by atoms with Gasteiger partial charge in [-0.2, -0.15) is 5.26 Å². The molecule has 56 heavy (non-hydrogen) atoms. The van der Waals surface area contributed by atoms with Gasteiger partial charge >= 0.3 is 0 Å². The molecule has 0 amide bonds. The van der Waals surface area contributed by atoms with Gasteiger partial charge in [0.1, 0.15) is 0 Å². The number of benzene rings is 6. The summed E-state index contributed by atoms with van der Waals surface area (Å²) < 4.78 is 0. The summed E-state index contributed by atoms with van der Waals surface area (Å²) in [5, 5.41) is 9.70. The zero-order valence-corrected chi connectivity index (χ0v) is 31.4. The summed E-state index contributed by atoms with van der Waals surface area (Å²) in [5.74, 6) is 1.94. The lowest BCUT2D eigenvalue weighted by Crippen LogP contribution is -2.00. The Morgan fingerprint density at radius 3 is 1.48 bits per heavy atom. The van der Waals surface area contributed by atoms with E-state index in [0.29, 0.717) is 23.0 Å². The number of aromatic nitrogens is 3. The van der Waals surface area contributed by atoms with Gasteiger partial charge in [0.2, 0.25) is 0 Å². The maximum atomic E-state index is 9.70. The van der Waals surface area contributed by atoms with Gasteiger partial charge in [-0.15, -0.1) is 0 Å². The minimum Gasteiger partial charge on any atom is -0.208 e. The summed E-state index contributed by atoms with van der Waals surface area (Å²) in [5.41, 5.74) is 13.7. The molecule has 270 valence electrons. The van der Waals surface area contributed by atoms with E-state index in [1.807, 2.05) is 72.8 Å². The van der Waals surface area contributed by atoms with Gasteiger partial charge in [-0.3, -0.25) is 0 Å². The molecule has 1 aliphatic carbocycles. The number of hydrogen-bond donors (Lipinski definition) is 0. The molecule has 0 saturated heterocycles. The minimum absolute atomic E-state index is 0.641. The number of hydrogen-bond acceptors (Lipinski definition) is 4. The van der Waals surface area contributed by atoms with Crippen molar-refractivity contribution in [2.45, 2.75) is 38.5 Å². The monoisotopic (exact) mass is 722 g/mol. The fraction of sp³-hybridized carbons (Fsp3) is 0.115. The molecule has 1 aromatic heterocycles. The largest absolute Gasteiger partial charge is 0.208 e. The lowest BCUT2D eigenvalue weighted by molar-refractivity contribution is 0.646. The van der Waals surface area contributed by atoms with Crippen LogP contribution in [0.3, 0.4) is 0 Å². The highest BCUT2D eigenvalue weighted by Gasteiger charge is 2.13. The molecule has 8 rings (SSSR count). The normalized spacial score (nSPS) is 14.8. The van der Waals surface area contributed by atoms with E-state index in [1.165, 1.54) is 29.5 Å². The maximum Gasteiger partial charge on any atom is 0.164 e. The minimum atomic E-state index is 0.641. The smallest absolute Gasteiger partial charge is 0.164 e. The standard InChI is InChI=1S/C52H42N4/c1-37-33-38(36-53)15-8-4-2-3-5-9-20-48-35-47(31-32-49(37)48)41-25-23-39(24-26-41)45-21-14-22-46(34-45)40-27-29-44(30-28-40)52-55-50(42-16-10-6-11-17-42)54-51(56-52)43-18-12-7-13-19-43/h6-8,10-19,21-35H,1-5,9,20H2/b15-8-,38-33+. The Bertz CT molecular complexity index is 2520. The summed E-state index contributed by atoms with van der Waals surface area (Å²) in [4.78, 5) is 14.6. The number of aryl methyl sites for hydroxylation is 1. The Kier molecular flexibility index (Phi) is 11.0. The van der Waals surface area contributed by atoms with Crippen LogP contribution in [0.25, 0.3) is 73.1 Å². The van der Waals surface area contributed by atoms with Crippen LogP contribution >= 0.6 is 0 Å². The molecule has 0 N–H and O–H groups in total. The molecule has 0 atom stereocenters. The van der Waals surface area contributed by atoms with Gasteiger partial charge in [-0.25, -0.2) is 15.0 Å². The molecule has 4 heteroatoms. The van der Waals surface area contributed by atoms with Gasteiger partial charge in [0, 0.05) is 16.7 Å². The van der Waals surface area contributed by atoms with Crippen LogP contribution < -0.4 is 0 Å². The summed E-state index contributed by atoms with van der Waals surface area (Å²) in [7, 11) is 0. The van der Waals surface area contributed by atoms with Crippen LogP contribution in [-0.2, 0) is 6.42 Å². The van der Waals surface area contributed by atoms with Crippen LogP contribution in [0.2, 0.25) is 0 Å². The van der Waals surface area contributed by atoms with Crippen molar-refractivity contribution in [3.05, 3.63) is 193 Å². The van der Waals surface area contributed by atoms with Gasteiger partial charge in [-0.1, -0.05) is 171 Å². The molecule has 0 spiro atoms. The lowest BCUT2D eigenvalue weighted by Gasteiger charge is -2.14. The zero-order valence-electron chi connectivity index (χ0n) is 31.4. The predicted molar refractivity (Wildman–Crippen MR) is 231 cm³/mol. The van der Waals surface area contributed by atoms with Gasteiger partial charge in [0.25, 0.3) is 0 Å². The Morgan fingerprint density at radius 1 is 0.464 bits per heavy atom. The second-order valence-electron chi connectivity index (χ2n) is 14.2. The molecular formula is C52H42N4. The van der Waals surface area contributed by atoms with E-state index < -0.39 is 0 Å². The molecule has 1 heterocycles. The van der Waals surface area contributed by atoms with Crippen LogP contribution in [0.5, 0.6) is 0 Å². The topological polar surface area (TPSA) is 62.5 Å². The highest BCUT2D eigenvalue weighted by molar-refractivity contribution is 5.80. The van der Waals surface area contributed by atoms with E-state index in [1.54, 1.807) is 0 Å². The molecule has 6 aromatic carbocycles. The number of fused-ring (bicyclic) bond motifs is 1. The summed E-state index contributed by atoms with van der Waals surface area (Å²) in [6, 6.07) is 55.1. The summed E-state index contributed by atoms with van der Waals surface area (Å²) in [6.07, 6.45) is 12.7. The van der Waals surface area contributed by atoms with E-state index in [-0.39, 0.29) is 0 Å². The second kappa shape index (κ2) is 17.0. The van der Waals surface area contributed by atoms with Crippen LogP contribution in [0, 0.1) is 11.3 Å². The van der Waals surface area contributed by atoms with Crippen LogP contribution in [0.15, 0.2) is 182 Å². The third kappa shape index (κ3) is 8.39. The van der Waals surface area contributed by atoms with Gasteiger partial charge in [0.15, 0.2) is 17.5 Å². The van der Waals surface area contributed by atoms with Crippen molar-refractivity contribution in [2.75, 3.05) is 0 Å². The SMILES string of the molecule is C=C1/C=C(C#N)\C=C/CCCCCCc2cc(-c3ccc(-c4cccc(-c5ccc(-c6nc(-c7ccccc7)nc(-c7ccccc7)n6)cc5)c4)cc3)ccc21. The van der Waals surface area contributed by atoms with Crippen molar-refractivity contribution in [2.24, 2.45) is 0 Å². The average Bonchev–Trinajstić information content (AvgIpc) is 3.28. The van der Waals surface area contributed by atoms with Crippen molar-refractivity contribution in [3.63, 3.8) is 0 Å². The predicted octanol–water partition coefficient (Wildman–Crippen LogP) is 13.4. The van der Waals surface area contributed by atoms with Crippen LogP contribution in [-0.4, -0.2) is 15.0 Å². The van der Waals surface area contributed by atoms with Crippen molar-refractivity contribution >= 4 is 5.57 Å². The van der Waals surface area contributed by atoms with E-state index in [0.717, 1.165) is 75.8 Å². The third-order valence-corrected chi connectivity index (χ3v) is 10.4. The number of rotatable bonds is 6. The van der Waals surface area contributed by atoms with Gasteiger partial charge in [0.05, 0.1) is 11.6 Å². The van der Waals surface area contributed by atoms with Crippen molar-refractivity contribution in [3.8, 4) is 73.6 Å². The Hall–Kier alpha value is -6.96. The maximum absolute atomic E-state index is 9.70. The zero-order chi connectivity index (χ0) is 38.1. The number of nitrogens with zero attached hydrogens (tertiary/aromatic N) is 4. The molecule has 0 saturated carbocycles. The molecule has 1 aliphatic rings. The Labute approximate surface area is 329 Å². The molecule has 0 unspecified atom stereocenters. The Morgan fingerprint density at radius 2 is 0.929 bits per heavy atom. The molecule has 0 radical (unpaired) electrons. The highest BCUT2D eigenvalue weighted by Crippen LogP contribution is 2.33. The molecule has 0 fully saturated rings. The molecule has 0 aliphatic heterocycles. The van der Waals surface area contributed by atoms with Crippen molar-refractivity contribution in [1.29, 1.82) is 5.26 Å². The van der Waals surface area contributed by atoms with Crippen molar-refractivity contribution in [1.82, 2.24) is 15.0 Å². The molecule has 7 aromatic rings. The van der Waals surface area contributed by atoms with Crippen LogP contribution in [0.4, 0.5) is 0 Å². The van der Waals surface area contributed by atoms with E-state index >= 15 is 0 Å². The second-order valence-corrected chi connectivity index (χ2v) is 14.2. The first kappa shape index (κ1) is 36.0. The van der Waals surface area contributed by atoms with Gasteiger partial charge < -0.3 is 0 Å². The number of allylic oxidation sites excluding steroid dienone is 5. The third-order valence-electron chi connectivity index (χ3n) is 10.4. The average molecular weight is 723 g/mol. The summed E-state index contributed by atoms with van der Waals surface area (Å²) >= 11 is 0. The van der Waals surface area contributed by atoms with E-state index in [2.05, 4.69) is 110 Å². The lowest BCUT2D eigenvalue weighted by atomic mass is 9.91. The van der Waals surface area contributed by atoms with E-state index in [9.17, 15) is 5.26 Å². The fourth-order valence-corrected chi connectivity index (χ4v) is 7.30. The summed E-state index contributed by atoms with van der Waals surface area (Å²) in [6.45, 7) is 4.36. The van der Waals surface area contributed by atoms with Crippen LogP contribution in [0.1, 0.15) is 43.2 Å². The molecule has 0 bridgehead atoms.